The van der Waals surface area contributed by atoms with Gasteiger partial charge in [0, 0.05) is 4.90 Å². The highest BCUT2D eigenvalue weighted by molar-refractivity contribution is 7.98. The maximum absolute atomic E-state index is 12.0. The fourth-order valence-corrected chi connectivity index (χ4v) is 1.91. The van der Waals surface area contributed by atoms with E-state index >= 15 is 0 Å². The van der Waals surface area contributed by atoms with E-state index in [1.165, 1.54) is 4.90 Å². The van der Waals surface area contributed by atoms with Crippen molar-refractivity contribution in [3.63, 3.8) is 0 Å². The van der Waals surface area contributed by atoms with Gasteiger partial charge in [0.1, 0.15) is 0 Å². The summed E-state index contributed by atoms with van der Waals surface area (Å²) in [5.74, 6) is -0.105. The molecule has 0 fully saturated rings. The van der Waals surface area contributed by atoms with Gasteiger partial charge in [-0.05, 0) is 44.2 Å². The molecule has 0 spiro atoms. The molecule has 0 aromatic heterocycles. The Morgan fingerprint density at radius 3 is 2.44 bits per heavy atom. The predicted octanol–water partition coefficient (Wildman–Crippen LogP) is 2.71. The summed E-state index contributed by atoms with van der Waals surface area (Å²) in [6, 6.07) is 8.17. The highest BCUT2D eigenvalue weighted by atomic mass is 32.2. The van der Waals surface area contributed by atoms with Crippen molar-refractivity contribution < 1.29 is 4.79 Å². The zero-order chi connectivity index (χ0) is 13.8. The van der Waals surface area contributed by atoms with Crippen LogP contribution < -0.4 is 11.1 Å². The molecule has 1 aromatic rings. The molecular formula is C14H22N2OS. The van der Waals surface area contributed by atoms with Crippen LogP contribution in [0.3, 0.4) is 0 Å². The van der Waals surface area contributed by atoms with Crippen LogP contribution in [0, 0.1) is 0 Å². The van der Waals surface area contributed by atoms with Crippen molar-refractivity contribution in [3.05, 3.63) is 29.8 Å². The second-order valence-electron chi connectivity index (χ2n) is 4.74. The largest absolute Gasteiger partial charge is 0.348 e. The Bertz CT molecular complexity index is 401. The van der Waals surface area contributed by atoms with Crippen LogP contribution in [0.25, 0.3) is 0 Å². The van der Waals surface area contributed by atoms with Crippen molar-refractivity contribution in [1.82, 2.24) is 5.32 Å². The van der Waals surface area contributed by atoms with E-state index in [2.05, 4.69) is 17.4 Å². The molecule has 1 rings (SSSR count). The first-order valence-electron chi connectivity index (χ1n) is 6.14. The standard InChI is InChI=1S/C14H22N2OS/c1-5-14(3,15)13(17)16-10(2)11-6-8-12(18-4)9-7-11/h6-10H,5,15H2,1-4H3,(H,16,17). The molecular weight excluding hydrogens is 244 g/mol. The van der Waals surface area contributed by atoms with E-state index in [0.29, 0.717) is 6.42 Å². The van der Waals surface area contributed by atoms with E-state index in [1.54, 1.807) is 18.7 Å². The van der Waals surface area contributed by atoms with Crippen molar-refractivity contribution in [2.45, 2.75) is 43.7 Å². The molecule has 0 bridgehead atoms. The summed E-state index contributed by atoms with van der Waals surface area (Å²) in [6.07, 6.45) is 2.66. The first-order chi connectivity index (χ1) is 8.40. The van der Waals surface area contributed by atoms with Gasteiger partial charge in [0.2, 0.25) is 5.91 Å². The van der Waals surface area contributed by atoms with Crippen molar-refractivity contribution in [2.75, 3.05) is 6.26 Å². The highest BCUT2D eigenvalue weighted by Gasteiger charge is 2.27. The van der Waals surface area contributed by atoms with Crippen LogP contribution >= 0.6 is 11.8 Å². The smallest absolute Gasteiger partial charge is 0.240 e. The number of benzene rings is 1. The molecule has 0 saturated heterocycles. The summed E-state index contributed by atoms with van der Waals surface area (Å²) in [4.78, 5) is 13.2. The molecule has 0 radical (unpaired) electrons. The lowest BCUT2D eigenvalue weighted by Gasteiger charge is -2.24. The average molecular weight is 266 g/mol. The first kappa shape index (κ1) is 15.1. The number of rotatable bonds is 5. The SMILES string of the molecule is CCC(C)(N)C(=O)NC(C)c1ccc(SC)cc1. The number of carbonyl (C=O) groups is 1. The van der Waals surface area contributed by atoms with Crippen LogP contribution in [0.2, 0.25) is 0 Å². The molecule has 0 saturated carbocycles. The maximum atomic E-state index is 12.0. The van der Waals surface area contributed by atoms with Crippen molar-refractivity contribution in [3.8, 4) is 0 Å². The van der Waals surface area contributed by atoms with Gasteiger partial charge in [0.15, 0.2) is 0 Å². The summed E-state index contributed by atoms with van der Waals surface area (Å²) >= 11 is 1.70. The Hall–Kier alpha value is -1.00. The molecule has 0 aliphatic rings. The normalized spacial score (nSPS) is 15.8. The summed E-state index contributed by atoms with van der Waals surface area (Å²) in [5, 5.41) is 2.95. The van der Waals surface area contributed by atoms with Gasteiger partial charge in [-0.15, -0.1) is 11.8 Å². The van der Waals surface area contributed by atoms with Crippen LogP contribution in [0.15, 0.2) is 29.2 Å². The Morgan fingerprint density at radius 1 is 1.44 bits per heavy atom. The minimum absolute atomic E-state index is 0.0252. The summed E-state index contributed by atoms with van der Waals surface area (Å²) in [5.41, 5.74) is 6.21. The number of nitrogens with one attached hydrogen (secondary N) is 1. The van der Waals surface area contributed by atoms with E-state index in [0.717, 1.165) is 5.56 Å². The highest BCUT2D eigenvalue weighted by Crippen LogP contribution is 2.19. The number of hydrogen-bond acceptors (Lipinski definition) is 3. The Morgan fingerprint density at radius 2 is 2.00 bits per heavy atom. The fraction of sp³-hybridized carbons (Fsp3) is 0.500. The fourth-order valence-electron chi connectivity index (χ4n) is 1.50. The minimum Gasteiger partial charge on any atom is -0.348 e. The molecule has 2 atom stereocenters. The van der Waals surface area contributed by atoms with Gasteiger partial charge in [-0.3, -0.25) is 4.79 Å². The van der Waals surface area contributed by atoms with Crippen LogP contribution in [-0.4, -0.2) is 17.7 Å². The first-order valence-corrected chi connectivity index (χ1v) is 7.37. The molecule has 3 nitrogen and oxygen atoms in total. The zero-order valence-electron chi connectivity index (χ0n) is 11.5. The molecule has 0 aliphatic carbocycles. The van der Waals surface area contributed by atoms with Crippen LogP contribution in [0.4, 0.5) is 0 Å². The minimum atomic E-state index is -0.798. The van der Waals surface area contributed by atoms with Gasteiger partial charge in [-0.25, -0.2) is 0 Å². The molecule has 2 unspecified atom stereocenters. The summed E-state index contributed by atoms with van der Waals surface area (Å²) in [7, 11) is 0. The summed E-state index contributed by atoms with van der Waals surface area (Å²) in [6.45, 7) is 5.64. The average Bonchev–Trinajstić information content (AvgIpc) is 2.38. The molecule has 0 heterocycles. The van der Waals surface area contributed by atoms with Crippen molar-refractivity contribution in [1.29, 1.82) is 0 Å². The number of amides is 1. The number of thioether (sulfide) groups is 1. The molecule has 1 aromatic carbocycles. The van der Waals surface area contributed by atoms with E-state index in [-0.39, 0.29) is 11.9 Å². The Kier molecular flexibility index (Phi) is 5.23. The van der Waals surface area contributed by atoms with Crippen LogP contribution in [0.5, 0.6) is 0 Å². The molecule has 4 heteroatoms. The van der Waals surface area contributed by atoms with Crippen LogP contribution in [-0.2, 0) is 4.79 Å². The van der Waals surface area contributed by atoms with Gasteiger partial charge >= 0.3 is 0 Å². The second kappa shape index (κ2) is 6.25. The lowest BCUT2D eigenvalue weighted by molar-refractivity contribution is -0.126. The predicted molar refractivity (Wildman–Crippen MR) is 77.7 cm³/mol. The summed E-state index contributed by atoms with van der Waals surface area (Å²) < 4.78 is 0. The zero-order valence-corrected chi connectivity index (χ0v) is 12.3. The monoisotopic (exact) mass is 266 g/mol. The third kappa shape index (κ3) is 3.75. The van der Waals surface area contributed by atoms with E-state index in [1.807, 2.05) is 32.2 Å². The van der Waals surface area contributed by atoms with Crippen LogP contribution in [0.1, 0.15) is 38.8 Å². The van der Waals surface area contributed by atoms with Crippen molar-refractivity contribution >= 4 is 17.7 Å². The number of carbonyl (C=O) groups excluding carboxylic acids is 1. The molecule has 18 heavy (non-hydrogen) atoms. The molecule has 100 valence electrons. The van der Waals surface area contributed by atoms with Gasteiger partial charge in [0.05, 0.1) is 11.6 Å². The quantitative estimate of drug-likeness (QED) is 0.806. The maximum Gasteiger partial charge on any atom is 0.240 e. The van der Waals surface area contributed by atoms with E-state index in [4.69, 9.17) is 5.73 Å². The topological polar surface area (TPSA) is 55.1 Å². The molecule has 0 aliphatic heterocycles. The van der Waals surface area contributed by atoms with Gasteiger partial charge < -0.3 is 11.1 Å². The number of hydrogen-bond donors (Lipinski definition) is 2. The van der Waals surface area contributed by atoms with E-state index in [9.17, 15) is 4.79 Å². The number of nitrogens with two attached hydrogens (primary N) is 1. The van der Waals surface area contributed by atoms with Gasteiger partial charge in [-0.1, -0.05) is 19.1 Å². The lowest BCUT2D eigenvalue weighted by atomic mass is 9.98. The van der Waals surface area contributed by atoms with Gasteiger partial charge in [-0.2, -0.15) is 0 Å². The molecule has 1 amide bonds. The van der Waals surface area contributed by atoms with Gasteiger partial charge in [0.25, 0.3) is 0 Å². The van der Waals surface area contributed by atoms with E-state index < -0.39 is 5.54 Å². The third-order valence-electron chi connectivity index (χ3n) is 3.22. The third-order valence-corrected chi connectivity index (χ3v) is 3.96. The Balaban J connectivity index is 2.70. The second-order valence-corrected chi connectivity index (χ2v) is 5.62. The Labute approximate surface area is 114 Å². The lowest BCUT2D eigenvalue weighted by Crippen LogP contribution is -2.51. The van der Waals surface area contributed by atoms with Crippen molar-refractivity contribution in [2.24, 2.45) is 5.73 Å². The molecule has 3 N–H and O–H groups in total.